The van der Waals surface area contributed by atoms with Crippen LogP contribution >= 0.6 is 0 Å². The molecule has 148 valence electrons. The summed E-state index contributed by atoms with van der Waals surface area (Å²) in [6, 6.07) is 4.16. The van der Waals surface area contributed by atoms with E-state index in [-0.39, 0.29) is 12.0 Å². The van der Waals surface area contributed by atoms with Crippen molar-refractivity contribution in [2.45, 2.75) is 26.1 Å². The molecule has 29 heavy (non-hydrogen) atoms. The molecule has 1 aromatic carbocycles. The van der Waals surface area contributed by atoms with Crippen molar-refractivity contribution in [1.29, 1.82) is 0 Å². The molecule has 1 atom stereocenters. The van der Waals surface area contributed by atoms with Crippen molar-refractivity contribution in [3.8, 4) is 5.95 Å². The van der Waals surface area contributed by atoms with E-state index in [2.05, 4.69) is 43.3 Å². The van der Waals surface area contributed by atoms with E-state index >= 15 is 0 Å². The number of fused-ring (bicyclic) bond motifs is 1. The lowest BCUT2D eigenvalue weighted by atomic mass is 9.93. The number of carbonyl (C=O) groups excluding carboxylic acids is 1. The number of aromatic nitrogens is 5. The van der Waals surface area contributed by atoms with Gasteiger partial charge in [0.15, 0.2) is 0 Å². The van der Waals surface area contributed by atoms with Gasteiger partial charge in [0.2, 0.25) is 0 Å². The van der Waals surface area contributed by atoms with E-state index in [1.807, 2.05) is 18.5 Å². The van der Waals surface area contributed by atoms with Crippen LogP contribution in [-0.2, 0) is 17.9 Å². The van der Waals surface area contributed by atoms with Gasteiger partial charge in [-0.1, -0.05) is 6.07 Å². The summed E-state index contributed by atoms with van der Waals surface area (Å²) in [4.78, 5) is 26.9. The van der Waals surface area contributed by atoms with Gasteiger partial charge in [0, 0.05) is 55.7 Å². The fourth-order valence-corrected chi connectivity index (χ4v) is 4.03. The number of nitrogens with one attached hydrogen (secondary N) is 1. The maximum Gasteiger partial charge on any atom is 0.338 e. The third-order valence-corrected chi connectivity index (χ3v) is 5.56. The van der Waals surface area contributed by atoms with Crippen molar-refractivity contribution in [2.75, 3.05) is 19.6 Å². The lowest BCUT2D eigenvalue weighted by molar-refractivity contribution is 0.0535. The van der Waals surface area contributed by atoms with Gasteiger partial charge in [-0.3, -0.25) is 4.90 Å². The molecule has 0 amide bonds. The number of cyclic esters (lactones) is 1. The van der Waals surface area contributed by atoms with Crippen molar-refractivity contribution >= 4 is 5.97 Å². The van der Waals surface area contributed by atoms with Gasteiger partial charge < -0.3 is 10.1 Å². The Morgan fingerprint density at radius 3 is 2.93 bits per heavy atom. The second-order valence-corrected chi connectivity index (χ2v) is 7.36. The van der Waals surface area contributed by atoms with Gasteiger partial charge >= 0.3 is 5.97 Å². The molecule has 4 heterocycles. The van der Waals surface area contributed by atoms with Crippen LogP contribution < -0.4 is 5.32 Å². The standard InChI is InChI=1S/C20H21N7O2/c1-13-15(2-3-16-17(13)10-29-19(16)28)18-9-26(5-4-22-18)8-14-6-23-20(24-7-14)27-12-21-11-25-27/h2-3,6-7,11-12,18,22H,4-5,8-10H2,1H3/t18-/m0/s1. The van der Waals surface area contributed by atoms with E-state index in [1.165, 1.54) is 16.6 Å². The molecule has 0 spiro atoms. The number of rotatable bonds is 4. The van der Waals surface area contributed by atoms with Gasteiger partial charge in [0.05, 0.1) is 5.56 Å². The first-order valence-corrected chi connectivity index (χ1v) is 9.60. The highest BCUT2D eigenvalue weighted by Crippen LogP contribution is 2.30. The first kappa shape index (κ1) is 17.9. The van der Waals surface area contributed by atoms with E-state index in [9.17, 15) is 4.79 Å². The maximum atomic E-state index is 11.8. The summed E-state index contributed by atoms with van der Waals surface area (Å²) in [6.45, 7) is 5.95. The highest BCUT2D eigenvalue weighted by atomic mass is 16.5. The molecule has 1 N–H and O–H groups in total. The molecule has 9 heteroatoms. The Kier molecular flexibility index (Phi) is 4.53. The third kappa shape index (κ3) is 3.39. The van der Waals surface area contributed by atoms with Crippen LogP contribution in [0.4, 0.5) is 0 Å². The number of benzene rings is 1. The lowest BCUT2D eigenvalue weighted by Gasteiger charge is -2.34. The van der Waals surface area contributed by atoms with Crippen molar-refractivity contribution in [1.82, 2.24) is 34.9 Å². The summed E-state index contributed by atoms with van der Waals surface area (Å²) >= 11 is 0. The van der Waals surface area contributed by atoms with Crippen LogP contribution in [0.15, 0.2) is 37.2 Å². The topological polar surface area (TPSA) is 98.1 Å². The minimum atomic E-state index is -0.220. The van der Waals surface area contributed by atoms with Crippen molar-refractivity contribution in [2.24, 2.45) is 0 Å². The minimum absolute atomic E-state index is 0.208. The van der Waals surface area contributed by atoms with E-state index in [1.54, 1.807) is 6.33 Å². The van der Waals surface area contributed by atoms with E-state index in [0.717, 1.165) is 42.9 Å². The molecule has 2 aliphatic rings. The lowest BCUT2D eigenvalue weighted by Crippen LogP contribution is -2.45. The second-order valence-electron chi connectivity index (χ2n) is 7.36. The van der Waals surface area contributed by atoms with Crippen LogP contribution in [0.2, 0.25) is 0 Å². The van der Waals surface area contributed by atoms with Gasteiger partial charge in [-0.2, -0.15) is 9.78 Å². The summed E-state index contributed by atoms with van der Waals surface area (Å²) in [5, 5.41) is 7.65. The Morgan fingerprint density at radius 2 is 2.14 bits per heavy atom. The Bertz CT molecular complexity index is 1030. The molecule has 2 aliphatic heterocycles. The molecule has 0 unspecified atom stereocenters. The molecule has 0 aliphatic carbocycles. The monoisotopic (exact) mass is 391 g/mol. The number of esters is 1. The third-order valence-electron chi connectivity index (χ3n) is 5.56. The van der Waals surface area contributed by atoms with Crippen LogP contribution in [-0.4, -0.2) is 55.2 Å². The van der Waals surface area contributed by atoms with Gasteiger partial charge in [0.1, 0.15) is 19.3 Å². The van der Waals surface area contributed by atoms with Crippen LogP contribution in [0.1, 0.15) is 38.7 Å². The van der Waals surface area contributed by atoms with Gasteiger partial charge in [-0.15, -0.1) is 0 Å². The Morgan fingerprint density at radius 1 is 1.28 bits per heavy atom. The summed E-state index contributed by atoms with van der Waals surface area (Å²) in [6.07, 6.45) is 6.71. The molecule has 9 nitrogen and oxygen atoms in total. The van der Waals surface area contributed by atoms with Gasteiger partial charge in [-0.05, 0) is 24.1 Å². The average molecular weight is 391 g/mol. The highest BCUT2D eigenvalue weighted by Gasteiger charge is 2.28. The molecule has 0 bridgehead atoms. The number of carbonyl (C=O) groups is 1. The molecule has 2 aromatic heterocycles. The second kappa shape index (κ2) is 7.34. The molecule has 1 fully saturated rings. The number of nitrogens with zero attached hydrogens (tertiary/aromatic N) is 6. The fourth-order valence-electron chi connectivity index (χ4n) is 4.03. The molecular weight excluding hydrogens is 370 g/mol. The summed E-state index contributed by atoms with van der Waals surface area (Å²) < 4.78 is 6.73. The van der Waals surface area contributed by atoms with Crippen LogP contribution in [0, 0.1) is 6.92 Å². The number of piperazine rings is 1. The number of hydrogen-bond acceptors (Lipinski definition) is 8. The Hall–Kier alpha value is -3.17. The van der Waals surface area contributed by atoms with E-state index < -0.39 is 0 Å². The summed E-state index contributed by atoms with van der Waals surface area (Å²) in [7, 11) is 0. The first-order chi connectivity index (χ1) is 14.2. The number of hydrogen-bond donors (Lipinski definition) is 1. The first-order valence-electron chi connectivity index (χ1n) is 9.60. The molecular formula is C20H21N7O2. The predicted molar refractivity (Wildman–Crippen MR) is 103 cm³/mol. The van der Waals surface area contributed by atoms with Crippen molar-refractivity contribution < 1.29 is 9.53 Å². The van der Waals surface area contributed by atoms with Crippen LogP contribution in [0.5, 0.6) is 0 Å². The van der Waals surface area contributed by atoms with E-state index in [4.69, 9.17) is 4.74 Å². The highest BCUT2D eigenvalue weighted by molar-refractivity contribution is 5.93. The Balaban J connectivity index is 1.30. The molecule has 0 saturated carbocycles. The molecule has 0 radical (unpaired) electrons. The van der Waals surface area contributed by atoms with Gasteiger partial charge in [-0.25, -0.2) is 19.7 Å². The zero-order valence-corrected chi connectivity index (χ0v) is 16.1. The zero-order valence-electron chi connectivity index (χ0n) is 16.1. The minimum Gasteiger partial charge on any atom is -0.457 e. The summed E-state index contributed by atoms with van der Waals surface area (Å²) in [5.41, 5.74) is 5.14. The predicted octanol–water partition coefficient (Wildman–Crippen LogP) is 1.18. The van der Waals surface area contributed by atoms with E-state index in [0.29, 0.717) is 18.1 Å². The average Bonchev–Trinajstić information content (AvgIpc) is 3.40. The van der Waals surface area contributed by atoms with Crippen LogP contribution in [0.3, 0.4) is 0 Å². The van der Waals surface area contributed by atoms with Crippen molar-refractivity contribution in [3.05, 3.63) is 65.0 Å². The largest absolute Gasteiger partial charge is 0.457 e. The quantitative estimate of drug-likeness (QED) is 0.662. The SMILES string of the molecule is Cc1c([C@@H]2CN(Cc3cnc(-n4cncn4)nc3)CCN2)ccc2c1COC2=O. The molecule has 3 aromatic rings. The zero-order chi connectivity index (χ0) is 19.8. The van der Waals surface area contributed by atoms with Crippen molar-refractivity contribution in [3.63, 3.8) is 0 Å². The van der Waals surface area contributed by atoms with Gasteiger partial charge in [0.25, 0.3) is 5.95 Å². The van der Waals surface area contributed by atoms with Crippen LogP contribution in [0.25, 0.3) is 5.95 Å². The summed E-state index contributed by atoms with van der Waals surface area (Å²) in [5.74, 6) is 0.289. The normalized spacial score (nSPS) is 19.2. The smallest absolute Gasteiger partial charge is 0.338 e. The fraction of sp³-hybridized carbons (Fsp3) is 0.350. The number of ether oxygens (including phenoxy) is 1. The molecule has 5 rings (SSSR count). The maximum absolute atomic E-state index is 11.8. The Labute approximate surface area is 167 Å². The molecule has 1 saturated heterocycles.